The molecule has 0 saturated carbocycles. The van der Waals surface area contributed by atoms with Crippen LogP contribution in [-0.4, -0.2) is 73.9 Å². The third-order valence-electron chi connectivity index (χ3n) is 1.37. The van der Waals surface area contributed by atoms with Crippen molar-refractivity contribution in [1.82, 2.24) is 0 Å². The molecule has 9 N–H and O–H groups in total. The van der Waals surface area contributed by atoms with Gasteiger partial charge in [0.15, 0.2) is 0 Å². The second-order valence-electron chi connectivity index (χ2n) is 3.93. The lowest BCUT2D eigenvalue weighted by Gasteiger charge is -2.12. The van der Waals surface area contributed by atoms with Crippen molar-refractivity contribution in [2.45, 2.75) is 45.0 Å². The van der Waals surface area contributed by atoms with E-state index in [2.05, 4.69) is 6.92 Å². The van der Waals surface area contributed by atoms with Crippen molar-refractivity contribution in [2.24, 2.45) is 0 Å². The molecule has 0 aliphatic rings. The largest absolute Gasteiger partial charge is 0.394 e. The quantitative estimate of drug-likeness (QED) is 0.135. The van der Waals surface area contributed by atoms with E-state index in [1.807, 2.05) is 0 Å². The first-order valence-corrected chi connectivity index (χ1v) is 10.0. The molecular weight excluding hydrogens is 420 g/mol. The van der Waals surface area contributed by atoms with Gasteiger partial charge < -0.3 is 15.3 Å². The maximum absolute atomic E-state index is 8.74. The average Bonchev–Trinajstić information content (AvgIpc) is 2.15. The van der Waals surface area contributed by atoms with Gasteiger partial charge >= 0.3 is 31.2 Å². The lowest BCUT2D eigenvalue weighted by molar-refractivity contribution is -0.315. The van der Waals surface area contributed by atoms with Crippen LogP contribution < -0.4 is 0 Å². The molecule has 0 fully saturated rings. The zero-order valence-corrected chi connectivity index (χ0v) is 15.2. The lowest BCUT2D eigenvalue weighted by Crippen LogP contribution is -2.26. The Kier molecular flexibility index (Phi) is 18.8. The summed E-state index contributed by atoms with van der Waals surface area (Å²) >= 11 is 0. The lowest BCUT2D eigenvalue weighted by atomic mass is 10.1. The van der Waals surface area contributed by atoms with Crippen LogP contribution >= 0.6 is 0 Å². The van der Waals surface area contributed by atoms with Gasteiger partial charge in [0.25, 0.3) is 5.97 Å². The number of hydrogen-bond acceptors (Lipinski definition) is 9. The summed E-state index contributed by atoms with van der Waals surface area (Å²) in [5.74, 6) is -2.45. The van der Waals surface area contributed by atoms with Crippen LogP contribution in [0.25, 0.3) is 0 Å². The van der Waals surface area contributed by atoms with E-state index in [9.17, 15) is 0 Å². The summed E-state index contributed by atoms with van der Waals surface area (Å²) in [6, 6.07) is 0. The van der Waals surface area contributed by atoms with Gasteiger partial charge in [0.2, 0.25) is 0 Å². The first-order chi connectivity index (χ1) is 10.6. The maximum Gasteiger partial charge on any atom is 0.394 e. The van der Waals surface area contributed by atoms with E-state index in [0.717, 1.165) is 19.3 Å². The zero-order chi connectivity index (χ0) is 21.5. The molecule has 158 valence electrons. The minimum atomic E-state index is -4.67. The number of unbranched alkanes of at least 4 members (excludes halogenated alkanes) is 3. The third-order valence-corrected chi connectivity index (χ3v) is 1.37. The van der Waals surface area contributed by atoms with E-state index in [-0.39, 0.29) is 6.42 Å². The van der Waals surface area contributed by atoms with E-state index in [0.29, 0.717) is 6.42 Å². The van der Waals surface area contributed by atoms with Crippen LogP contribution in [0, 0.1) is 0 Å². The molecule has 0 bridgehead atoms. The zero-order valence-electron chi connectivity index (χ0n) is 12.7. The van der Waals surface area contributed by atoms with Gasteiger partial charge in [0.1, 0.15) is 0 Å². The molecule has 0 unspecified atom stereocenters. The molecule has 25 heavy (non-hydrogen) atoms. The third kappa shape index (κ3) is 258. The van der Waals surface area contributed by atoms with Gasteiger partial charge in [-0.15, -0.1) is 0 Å². The van der Waals surface area contributed by atoms with Crippen molar-refractivity contribution in [3.8, 4) is 0 Å². The minimum absolute atomic E-state index is 0.0486. The first kappa shape index (κ1) is 32.2. The van der Waals surface area contributed by atoms with E-state index >= 15 is 0 Å². The van der Waals surface area contributed by atoms with Gasteiger partial charge in [-0.3, -0.25) is 27.3 Å². The molecule has 0 amide bonds. The van der Waals surface area contributed by atoms with Gasteiger partial charge in [0.05, 0.1) is 0 Å². The van der Waals surface area contributed by atoms with Crippen molar-refractivity contribution in [3.05, 3.63) is 0 Å². The van der Waals surface area contributed by atoms with E-state index in [4.69, 9.17) is 67.9 Å². The van der Waals surface area contributed by atoms with Crippen LogP contribution in [0.1, 0.15) is 39.0 Å². The summed E-state index contributed by atoms with van der Waals surface area (Å²) in [6.07, 6.45) is 3.84. The van der Waals surface area contributed by atoms with Crippen molar-refractivity contribution >= 4 is 31.2 Å². The highest BCUT2D eigenvalue weighted by Crippen LogP contribution is 2.09. The molecule has 0 aliphatic carbocycles. The van der Waals surface area contributed by atoms with E-state index < -0.39 is 37.2 Å². The van der Waals surface area contributed by atoms with Gasteiger partial charge in [-0.25, -0.2) is 0 Å². The smallest absolute Gasteiger partial charge is 0.344 e. The molecule has 15 nitrogen and oxygen atoms in total. The Balaban J connectivity index is -0.000000126. The van der Waals surface area contributed by atoms with Gasteiger partial charge in [0, 0.05) is 6.42 Å². The van der Waals surface area contributed by atoms with Gasteiger partial charge in [-0.05, 0) is 6.42 Å². The Morgan fingerprint density at radius 1 is 0.600 bits per heavy atom. The predicted molar refractivity (Wildman–Crippen MR) is 80.7 cm³/mol. The fourth-order valence-electron chi connectivity index (χ4n) is 0.789. The molecular formula is C7H22O15S3. The predicted octanol–water partition coefficient (Wildman–Crippen LogP) is -1.37. The Hall–Kier alpha value is -0.510. The van der Waals surface area contributed by atoms with Crippen LogP contribution in [-0.2, 0) is 31.2 Å². The summed E-state index contributed by atoms with van der Waals surface area (Å²) < 4.78 is 94.8. The molecule has 0 aromatic heterocycles. The molecule has 18 heteroatoms. The Morgan fingerprint density at radius 2 is 0.840 bits per heavy atom. The summed E-state index contributed by atoms with van der Waals surface area (Å²) in [5.41, 5.74) is 0. The van der Waals surface area contributed by atoms with Crippen molar-refractivity contribution < 1.29 is 67.9 Å². The highest BCUT2D eigenvalue weighted by molar-refractivity contribution is 7.80. The fraction of sp³-hybridized carbons (Fsp3) is 1.00. The summed E-state index contributed by atoms with van der Waals surface area (Å²) in [5, 5.41) is 25.3. The summed E-state index contributed by atoms with van der Waals surface area (Å²) in [7, 11) is -14.0. The Morgan fingerprint density at radius 3 is 1.00 bits per heavy atom. The maximum atomic E-state index is 8.74. The van der Waals surface area contributed by atoms with Gasteiger partial charge in [-0.1, -0.05) is 26.2 Å². The summed E-state index contributed by atoms with van der Waals surface area (Å²) in [6.45, 7) is 2.07. The molecule has 0 heterocycles. The molecule has 0 aromatic rings. The number of hydrogen-bond donors (Lipinski definition) is 9. The second kappa shape index (κ2) is 14.6. The van der Waals surface area contributed by atoms with Crippen LogP contribution in [0.5, 0.6) is 0 Å². The topological polar surface area (TPSA) is 284 Å². The van der Waals surface area contributed by atoms with Crippen molar-refractivity contribution in [1.29, 1.82) is 0 Å². The van der Waals surface area contributed by atoms with Crippen molar-refractivity contribution in [3.63, 3.8) is 0 Å². The van der Waals surface area contributed by atoms with E-state index in [1.54, 1.807) is 0 Å². The molecule has 0 atom stereocenters. The van der Waals surface area contributed by atoms with E-state index in [1.165, 1.54) is 0 Å². The minimum Gasteiger partial charge on any atom is -0.344 e. The first-order valence-electron chi connectivity index (χ1n) is 5.83. The van der Waals surface area contributed by atoms with Crippen LogP contribution in [0.4, 0.5) is 0 Å². The highest BCUT2D eigenvalue weighted by atomic mass is 32.3. The molecule has 0 rings (SSSR count). The van der Waals surface area contributed by atoms with Crippen LogP contribution in [0.15, 0.2) is 0 Å². The SMILES string of the molecule is CCCCCCC(O)(O)O.O=S(=O)(O)O.O=S(=O)(O)O.O=S(=O)(O)O. The monoisotopic (exact) mass is 442 g/mol. The normalized spacial score (nSPS) is 11.8. The average molecular weight is 442 g/mol. The Bertz CT molecular complexity index is 501. The fourth-order valence-corrected chi connectivity index (χ4v) is 0.789. The van der Waals surface area contributed by atoms with Crippen LogP contribution in [0.3, 0.4) is 0 Å². The molecule has 0 saturated heterocycles. The number of aliphatic hydroxyl groups is 3. The van der Waals surface area contributed by atoms with Crippen LogP contribution in [0.2, 0.25) is 0 Å². The molecule has 0 aromatic carbocycles. The highest BCUT2D eigenvalue weighted by Gasteiger charge is 2.15. The van der Waals surface area contributed by atoms with Gasteiger partial charge in [-0.2, -0.15) is 25.3 Å². The summed E-state index contributed by atoms with van der Waals surface area (Å²) in [4.78, 5) is 0. The molecule has 0 spiro atoms. The second-order valence-corrected chi connectivity index (χ2v) is 6.62. The Labute approximate surface area is 144 Å². The molecule has 0 radical (unpaired) electrons. The number of rotatable bonds is 5. The molecule has 0 aliphatic heterocycles. The standard InChI is InChI=1S/C7H16O3.3H2O4S/c1-2-3-4-5-6-7(8,9)10;3*1-5(2,3)4/h8-10H,2-6H2,1H3;3*(H2,1,2,3,4). The van der Waals surface area contributed by atoms with Crippen molar-refractivity contribution in [2.75, 3.05) is 0 Å².